The lowest BCUT2D eigenvalue weighted by atomic mass is 9.97. The summed E-state index contributed by atoms with van der Waals surface area (Å²) < 4.78 is 11.1. The van der Waals surface area contributed by atoms with Crippen LogP contribution in [0.5, 0.6) is 0 Å². The first-order valence-electron chi connectivity index (χ1n) is 8.06. The van der Waals surface area contributed by atoms with Crippen molar-refractivity contribution in [1.82, 2.24) is 10.3 Å². The number of nitrogens with zero attached hydrogens (tertiary/aromatic N) is 1. The number of aromatic nitrogens is 1. The summed E-state index contributed by atoms with van der Waals surface area (Å²) in [6.07, 6.45) is 1.18. The highest BCUT2D eigenvalue weighted by atomic mass is 16.6. The fourth-order valence-corrected chi connectivity index (χ4v) is 2.76. The minimum atomic E-state index is -0.509. The van der Waals surface area contributed by atoms with Crippen LogP contribution in [0.1, 0.15) is 38.0 Å². The Morgan fingerprint density at radius 3 is 2.83 bits per heavy atom. The molecule has 0 bridgehead atoms. The van der Waals surface area contributed by atoms with Gasteiger partial charge in [0.1, 0.15) is 11.7 Å². The van der Waals surface area contributed by atoms with Gasteiger partial charge in [0.05, 0.1) is 18.8 Å². The summed E-state index contributed by atoms with van der Waals surface area (Å²) in [7, 11) is 0. The molecule has 0 radical (unpaired) electrons. The van der Waals surface area contributed by atoms with Gasteiger partial charge in [-0.15, -0.1) is 0 Å². The summed E-state index contributed by atoms with van der Waals surface area (Å²) in [4.78, 5) is 16.2. The molecule has 24 heavy (non-hydrogen) atoms. The Kier molecular flexibility index (Phi) is 4.53. The molecule has 2 heterocycles. The third-order valence-electron chi connectivity index (χ3n) is 3.76. The average molecular weight is 326 g/mol. The monoisotopic (exact) mass is 326 g/mol. The highest BCUT2D eigenvalue weighted by Gasteiger charge is 2.27. The zero-order chi connectivity index (χ0) is 17.2. The number of carbonyl (C=O) groups excluding carboxylic acids is 1. The molecule has 0 aliphatic carbocycles. The van der Waals surface area contributed by atoms with Crippen LogP contribution in [0.25, 0.3) is 11.3 Å². The number of rotatable bonds is 3. The van der Waals surface area contributed by atoms with Crippen LogP contribution in [0.4, 0.5) is 4.79 Å². The first kappa shape index (κ1) is 16.5. The number of hydrogen-bond acceptors (Lipinski definition) is 4. The maximum atomic E-state index is 11.8. The normalized spacial score (nSPS) is 16.5. The fraction of sp³-hybridized carbons (Fsp3) is 0.368. The number of benzene rings is 1. The zero-order valence-corrected chi connectivity index (χ0v) is 14.2. The van der Waals surface area contributed by atoms with E-state index >= 15 is 0 Å². The van der Waals surface area contributed by atoms with Crippen LogP contribution in [0.15, 0.2) is 42.6 Å². The molecular formula is C19H22N2O3. The van der Waals surface area contributed by atoms with Gasteiger partial charge in [-0.05, 0) is 44.0 Å². The second kappa shape index (κ2) is 6.61. The Morgan fingerprint density at radius 2 is 2.12 bits per heavy atom. The quantitative estimate of drug-likeness (QED) is 0.931. The summed E-state index contributed by atoms with van der Waals surface area (Å²) >= 11 is 0. The molecule has 0 unspecified atom stereocenters. The van der Waals surface area contributed by atoms with Crippen molar-refractivity contribution in [3.8, 4) is 11.3 Å². The Balaban J connectivity index is 1.73. The van der Waals surface area contributed by atoms with Gasteiger partial charge in [-0.3, -0.25) is 4.98 Å². The Labute approximate surface area is 142 Å². The van der Waals surface area contributed by atoms with Crippen LogP contribution >= 0.6 is 0 Å². The van der Waals surface area contributed by atoms with Gasteiger partial charge in [0.25, 0.3) is 0 Å². The number of fused-ring (bicyclic) bond motifs is 1. The summed E-state index contributed by atoms with van der Waals surface area (Å²) in [6, 6.07) is 11.9. The lowest BCUT2D eigenvalue weighted by Crippen LogP contribution is -2.34. The molecule has 1 aliphatic rings. The van der Waals surface area contributed by atoms with Crippen molar-refractivity contribution in [3.63, 3.8) is 0 Å². The van der Waals surface area contributed by atoms with Gasteiger partial charge in [-0.25, -0.2) is 4.79 Å². The fourth-order valence-electron chi connectivity index (χ4n) is 2.76. The van der Waals surface area contributed by atoms with Crippen molar-refractivity contribution in [3.05, 3.63) is 53.7 Å². The Bertz CT molecular complexity index is 723. The number of hydrogen-bond donors (Lipinski definition) is 1. The van der Waals surface area contributed by atoms with E-state index in [1.807, 2.05) is 57.2 Å². The van der Waals surface area contributed by atoms with E-state index in [0.717, 1.165) is 22.4 Å². The van der Waals surface area contributed by atoms with E-state index in [4.69, 9.17) is 9.47 Å². The number of amides is 1. The van der Waals surface area contributed by atoms with Crippen molar-refractivity contribution < 1.29 is 14.3 Å². The molecule has 2 aromatic rings. The van der Waals surface area contributed by atoms with Crippen LogP contribution < -0.4 is 5.32 Å². The molecular weight excluding hydrogens is 304 g/mol. The van der Waals surface area contributed by atoms with Crippen molar-refractivity contribution in [1.29, 1.82) is 0 Å². The SMILES string of the molecule is CC(C)(C)OC(=O)NC[C@H]1OCc2c(-c3ccccn3)cccc21. The van der Waals surface area contributed by atoms with E-state index < -0.39 is 11.7 Å². The summed E-state index contributed by atoms with van der Waals surface area (Å²) in [6.45, 7) is 6.42. The molecule has 3 rings (SSSR count). The third-order valence-corrected chi connectivity index (χ3v) is 3.76. The maximum Gasteiger partial charge on any atom is 0.407 e. The van der Waals surface area contributed by atoms with E-state index in [9.17, 15) is 4.79 Å². The van der Waals surface area contributed by atoms with E-state index in [-0.39, 0.29) is 6.10 Å². The van der Waals surface area contributed by atoms with Crippen molar-refractivity contribution >= 4 is 6.09 Å². The largest absolute Gasteiger partial charge is 0.444 e. The van der Waals surface area contributed by atoms with Gasteiger partial charge in [0.2, 0.25) is 0 Å². The molecule has 126 valence electrons. The van der Waals surface area contributed by atoms with E-state index in [1.165, 1.54) is 0 Å². The second-order valence-electron chi connectivity index (χ2n) is 6.77. The minimum Gasteiger partial charge on any atom is -0.444 e. The van der Waals surface area contributed by atoms with E-state index in [0.29, 0.717) is 13.2 Å². The number of carbonyl (C=O) groups is 1. The molecule has 1 amide bonds. The second-order valence-corrected chi connectivity index (χ2v) is 6.77. The van der Waals surface area contributed by atoms with Crippen LogP contribution in [0.3, 0.4) is 0 Å². The van der Waals surface area contributed by atoms with Gasteiger partial charge < -0.3 is 14.8 Å². The van der Waals surface area contributed by atoms with E-state index in [2.05, 4.69) is 10.3 Å². The van der Waals surface area contributed by atoms with Crippen molar-refractivity contribution in [2.75, 3.05) is 6.54 Å². The molecule has 0 spiro atoms. The first-order valence-corrected chi connectivity index (χ1v) is 8.06. The third kappa shape index (κ3) is 3.74. The van der Waals surface area contributed by atoms with Crippen molar-refractivity contribution in [2.24, 2.45) is 0 Å². The zero-order valence-electron chi connectivity index (χ0n) is 14.2. The Hall–Kier alpha value is -2.40. The van der Waals surface area contributed by atoms with Crippen LogP contribution in [-0.4, -0.2) is 23.2 Å². The predicted octanol–water partition coefficient (Wildman–Crippen LogP) is 3.84. The molecule has 5 nitrogen and oxygen atoms in total. The molecule has 1 aliphatic heterocycles. The molecule has 0 saturated carbocycles. The lowest BCUT2D eigenvalue weighted by Gasteiger charge is -2.20. The topological polar surface area (TPSA) is 60.5 Å². The van der Waals surface area contributed by atoms with E-state index in [1.54, 1.807) is 6.20 Å². The highest BCUT2D eigenvalue weighted by molar-refractivity contribution is 5.68. The number of nitrogens with one attached hydrogen (secondary N) is 1. The van der Waals surface area contributed by atoms with Gasteiger partial charge in [0.15, 0.2) is 0 Å². The smallest absolute Gasteiger partial charge is 0.407 e. The van der Waals surface area contributed by atoms with Crippen LogP contribution in [0.2, 0.25) is 0 Å². The average Bonchev–Trinajstić information content (AvgIpc) is 2.95. The summed E-state index contributed by atoms with van der Waals surface area (Å²) in [5.74, 6) is 0. The standard InChI is InChI=1S/C19H22N2O3/c1-19(2,3)24-18(22)21-11-17-14-8-6-7-13(15(14)12-23-17)16-9-4-5-10-20-16/h4-10,17H,11-12H2,1-3H3,(H,21,22)/t17-/m1/s1. The predicted molar refractivity (Wildman–Crippen MR) is 91.4 cm³/mol. The lowest BCUT2D eigenvalue weighted by molar-refractivity contribution is 0.0395. The molecule has 1 N–H and O–H groups in total. The van der Waals surface area contributed by atoms with Gasteiger partial charge in [-0.2, -0.15) is 0 Å². The van der Waals surface area contributed by atoms with Crippen LogP contribution in [-0.2, 0) is 16.1 Å². The van der Waals surface area contributed by atoms with Gasteiger partial charge in [-0.1, -0.05) is 24.3 Å². The van der Waals surface area contributed by atoms with Gasteiger partial charge >= 0.3 is 6.09 Å². The molecule has 1 aromatic heterocycles. The highest BCUT2D eigenvalue weighted by Crippen LogP contribution is 2.36. The number of alkyl carbamates (subject to hydrolysis) is 1. The molecule has 0 fully saturated rings. The Morgan fingerprint density at radius 1 is 1.29 bits per heavy atom. The molecule has 1 aromatic carbocycles. The summed E-state index contributed by atoms with van der Waals surface area (Å²) in [5.41, 5.74) is 3.72. The van der Waals surface area contributed by atoms with Crippen LogP contribution in [0, 0.1) is 0 Å². The first-order chi connectivity index (χ1) is 11.4. The maximum absolute atomic E-state index is 11.8. The molecule has 5 heteroatoms. The van der Waals surface area contributed by atoms with Crippen molar-refractivity contribution in [2.45, 2.75) is 39.1 Å². The molecule has 0 saturated heterocycles. The molecule has 1 atom stereocenters. The minimum absolute atomic E-state index is 0.170. The summed E-state index contributed by atoms with van der Waals surface area (Å²) in [5, 5.41) is 2.78. The number of pyridine rings is 1. The van der Waals surface area contributed by atoms with Gasteiger partial charge in [0, 0.05) is 11.8 Å². The number of ether oxygens (including phenoxy) is 2.